The van der Waals surface area contributed by atoms with Gasteiger partial charge in [0, 0.05) is 17.3 Å². The lowest BCUT2D eigenvalue weighted by Gasteiger charge is -2.09. The Morgan fingerprint density at radius 3 is 2.53 bits per heavy atom. The summed E-state index contributed by atoms with van der Waals surface area (Å²) in [6.45, 7) is 4.27. The highest BCUT2D eigenvalue weighted by atomic mass is 16.4. The normalized spacial score (nSPS) is 10.7. The summed E-state index contributed by atoms with van der Waals surface area (Å²) in [7, 11) is 0. The summed E-state index contributed by atoms with van der Waals surface area (Å²) in [5.41, 5.74) is 3.49. The maximum absolute atomic E-state index is 10.8. The number of hydrogen-bond acceptors (Lipinski definition) is 3. The van der Waals surface area contributed by atoms with Crippen molar-refractivity contribution in [2.24, 2.45) is 0 Å². The highest BCUT2D eigenvalue weighted by molar-refractivity contribution is 5.74. The third-order valence-corrected chi connectivity index (χ3v) is 2.98. The maximum Gasteiger partial charge on any atom is 0.307 e. The highest BCUT2D eigenvalue weighted by Gasteiger charge is 2.10. The van der Waals surface area contributed by atoms with Crippen molar-refractivity contribution < 1.29 is 9.90 Å². The summed E-state index contributed by atoms with van der Waals surface area (Å²) in [6, 6.07) is 8.05. The van der Waals surface area contributed by atoms with Gasteiger partial charge >= 0.3 is 5.97 Å². The van der Waals surface area contributed by atoms with E-state index in [1.807, 2.05) is 24.3 Å². The van der Waals surface area contributed by atoms with Crippen LogP contribution in [0.1, 0.15) is 30.9 Å². The van der Waals surface area contributed by atoms with Crippen LogP contribution in [0.5, 0.6) is 0 Å². The van der Waals surface area contributed by atoms with Crippen LogP contribution in [0, 0.1) is 0 Å². The summed E-state index contributed by atoms with van der Waals surface area (Å²) in [5.74, 6) is -0.409. The van der Waals surface area contributed by atoms with Crippen molar-refractivity contribution in [1.29, 1.82) is 0 Å². The topological polar surface area (TPSA) is 63.1 Å². The molecule has 4 heteroatoms. The van der Waals surface area contributed by atoms with Crippen molar-refractivity contribution in [3.8, 4) is 11.3 Å². The standard InChI is InChI=1S/C15H16N2O2/c1-10(2)11-3-5-12(6-4-11)15-13(7-14(18)19)8-16-9-17-15/h3-6,8-10H,7H2,1-2H3,(H,18,19). The van der Waals surface area contributed by atoms with Crippen molar-refractivity contribution in [3.05, 3.63) is 47.9 Å². The first-order valence-corrected chi connectivity index (χ1v) is 6.19. The van der Waals surface area contributed by atoms with Gasteiger partial charge in [0.05, 0.1) is 12.1 Å². The van der Waals surface area contributed by atoms with E-state index in [1.165, 1.54) is 11.9 Å². The molecule has 0 amide bonds. The minimum atomic E-state index is -0.880. The van der Waals surface area contributed by atoms with Crippen molar-refractivity contribution in [3.63, 3.8) is 0 Å². The number of carbonyl (C=O) groups is 1. The van der Waals surface area contributed by atoms with Crippen LogP contribution in [0.2, 0.25) is 0 Å². The molecule has 0 saturated carbocycles. The van der Waals surface area contributed by atoms with Crippen LogP contribution in [0.4, 0.5) is 0 Å². The van der Waals surface area contributed by atoms with E-state index in [0.717, 1.165) is 5.56 Å². The monoisotopic (exact) mass is 256 g/mol. The van der Waals surface area contributed by atoms with Gasteiger partial charge in [-0.25, -0.2) is 9.97 Å². The molecule has 0 spiro atoms. The van der Waals surface area contributed by atoms with E-state index in [1.54, 1.807) is 6.20 Å². The van der Waals surface area contributed by atoms with Crippen molar-refractivity contribution >= 4 is 5.97 Å². The Balaban J connectivity index is 2.38. The summed E-state index contributed by atoms with van der Waals surface area (Å²) in [4.78, 5) is 18.9. The first kappa shape index (κ1) is 13.2. The van der Waals surface area contributed by atoms with E-state index in [0.29, 0.717) is 17.2 Å². The average Bonchev–Trinajstić information content (AvgIpc) is 2.39. The van der Waals surface area contributed by atoms with Gasteiger partial charge in [0.1, 0.15) is 6.33 Å². The minimum Gasteiger partial charge on any atom is -0.481 e. The van der Waals surface area contributed by atoms with Gasteiger partial charge in [-0.15, -0.1) is 0 Å². The third kappa shape index (κ3) is 3.16. The number of carboxylic acids is 1. The van der Waals surface area contributed by atoms with Gasteiger partial charge in [-0.05, 0) is 11.5 Å². The number of carboxylic acid groups (broad SMARTS) is 1. The predicted octanol–water partition coefficient (Wildman–Crippen LogP) is 2.89. The van der Waals surface area contributed by atoms with Gasteiger partial charge in [0.15, 0.2) is 0 Å². The van der Waals surface area contributed by atoms with Gasteiger partial charge in [0.25, 0.3) is 0 Å². The van der Waals surface area contributed by atoms with Crippen LogP contribution in [-0.4, -0.2) is 21.0 Å². The SMILES string of the molecule is CC(C)c1ccc(-c2ncncc2CC(=O)O)cc1. The Kier molecular flexibility index (Phi) is 3.90. The predicted molar refractivity (Wildman–Crippen MR) is 72.9 cm³/mol. The van der Waals surface area contributed by atoms with Gasteiger partial charge in [0.2, 0.25) is 0 Å². The molecule has 98 valence electrons. The Morgan fingerprint density at radius 1 is 1.26 bits per heavy atom. The molecule has 1 N–H and O–H groups in total. The fraction of sp³-hybridized carbons (Fsp3) is 0.267. The van der Waals surface area contributed by atoms with Crippen LogP contribution in [0.3, 0.4) is 0 Å². The Morgan fingerprint density at radius 2 is 1.95 bits per heavy atom. The summed E-state index contributed by atoms with van der Waals surface area (Å²) in [6.07, 6.45) is 2.94. The van der Waals surface area contributed by atoms with E-state index in [2.05, 4.69) is 23.8 Å². The fourth-order valence-corrected chi connectivity index (χ4v) is 1.94. The second-order valence-corrected chi connectivity index (χ2v) is 4.74. The molecule has 0 bridgehead atoms. The van der Waals surface area contributed by atoms with E-state index in [9.17, 15) is 4.79 Å². The molecule has 4 nitrogen and oxygen atoms in total. The molecule has 1 heterocycles. The summed E-state index contributed by atoms with van der Waals surface area (Å²) >= 11 is 0. The molecular formula is C15H16N2O2. The van der Waals surface area contributed by atoms with E-state index < -0.39 is 5.97 Å². The molecule has 0 fully saturated rings. The van der Waals surface area contributed by atoms with Gasteiger partial charge in [-0.2, -0.15) is 0 Å². The molecule has 0 aliphatic heterocycles. The lowest BCUT2D eigenvalue weighted by molar-refractivity contribution is -0.136. The number of hydrogen-bond donors (Lipinski definition) is 1. The highest BCUT2D eigenvalue weighted by Crippen LogP contribution is 2.23. The minimum absolute atomic E-state index is 0.0674. The zero-order valence-electron chi connectivity index (χ0n) is 11.0. The lowest BCUT2D eigenvalue weighted by Crippen LogP contribution is -2.03. The van der Waals surface area contributed by atoms with Crippen LogP contribution in [-0.2, 0) is 11.2 Å². The lowest BCUT2D eigenvalue weighted by atomic mass is 9.99. The van der Waals surface area contributed by atoms with Crippen LogP contribution >= 0.6 is 0 Å². The first-order chi connectivity index (χ1) is 9.08. The number of aliphatic carboxylic acids is 1. The van der Waals surface area contributed by atoms with E-state index in [4.69, 9.17) is 5.11 Å². The number of rotatable bonds is 4. The largest absolute Gasteiger partial charge is 0.481 e. The van der Waals surface area contributed by atoms with Gasteiger partial charge < -0.3 is 5.11 Å². The summed E-state index contributed by atoms with van der Waals surface area (Å²) in [5, 5.41) is 8.90. The van der Waals surface area contributed by atoms with Gasteiger partial charge in [-0.3, -0.25) is 4.79 Å². The van der Waals surface area contributed by atoms with Crippen LogP contribution in [0.15, 0.2) is 36.8 Å². The average molecular weight is 256 g/mol. The quantitative estimate of drug-likeness (QED) is 0.913. The molecule has 0 atom stereocenters. The number of aromatic nitrogens is 2. The number of benzene rings is 1. The second kappa shape index (κ2) is 5.61. The van der Waals surface area contributed by atoms with E-state index in [-0.39, 0.29) is 6.42 Å². The fourth-order valence-electron chi connectivity index (χ4n) is 1.94. The molecule has 0 aliphatic carbocycles. The Bertz CT molecular complexity index is 577. The molecule has 1 aromatic heterocycles. The molecule has 2 rings (SSSR count). The molecule has 0 saturated heterocycles. The van der Waals surface area contributed by atoms with Crippen molar-refractivity contribution in [2.75, 3.05) is 0 Å². The Hall–Kier alpha value is -2.23. The van der Waals surface area contributed by atoms with Gasteiger partial charge in [-0.1, -0.05) is 38.1 Å². The van der Waals surface area contributed by atoms with Crippen LogP contribution in [0.25, 0.3) is 11.3 Å². The zero-order valence-corrected chi connectivity index (χ0v) is 11.0. The second-order valence-electron chi connectivity index (χ2n) is 4.74. The molecule has 0 radical (unpaired) electrons. The number of nitrogens with zero attached hydrogens (tertiary/aromatic N) is 2. The Labute approximate surface area is 112 Å². The first-order valence-electron chi connectivity index (χ1n) is 6.19. The van der Waals surface area contributed by atoms with Crippen molar-refractivity contribution in [1.82, 2.24) is 9.97 Å². The molecule has 0 aliphatic rings. The smallest absolute Gasteiger partial charge is 0.307 e. The molecular weight excluding hydrogens is 240 g/mol. The third-order valence-electron chi connectivity index (χ3n) is 2.98. The zero-order chi connectivity index (χ0) is 13.8. The maximum atomic E-state index is 10.8. The molecule has 19 heavy (non-hydrogen) atoms. The molecule has 0 unspecified atom stereocenters. The molecule has 1 aromatic carbocycles. The molecule has 2 aromatic rings. The summed E-state index contributed by atoms with van der Waals surface area (Å²) < 4.78 is 0. The van der Waals surface area contributed by atoms with Crippen molar-refractivity contribution in [2.45, 2.75) is 26.2 Å². The van der Waals surface area contributed by atoms with Crippen LogP contribution < -0.4 is 0 Å². The van der Waals surface area contributed by atoms with E-state index >= 15 is 0 Å².